The van der Waals surface area contributed by atoms with Gasteiger partial charge in [0.25, 0.3) is 0 Å². The second-order valence-electron chi connectivity index (χ2n) is 6.58. The van der Waals surface area contributed by atoms with Crippen LogP contribution >= 0.6 is 0 Å². The van der Waals surface area contributed by atoms with Crippen LogP contribution in [0.15, 0.2) is 86.0 Å². The van der Waals surface area contributed by atoms with Crippen molar-refractivity contribution in [2.75, 3.05) is 0 Å². The molecule has 26 heavy (non-hydrogen) atoms. The molecule has 4 rings (SSSR count). The Morgan fingerprint density at radius 2 is 1.81 bits per heavy atom. The Kier molecular flexibility index (Phi) is 7.47. The molecule has 0 aromatic heterocycles. The summed E-state index contributed by atoms with van der Waals surface area (Å²) < 4.78 is 5.82. The van der Waals surface area contributed by atoms with E-state index < -0.39 is 21.8 Å². The van der Waals surface area contributed by atoms with Crippen LogP contribution in [0.25, 0.3) is 11.1 Å². The van der Waals surface area contributed by atoms with Crippen LogP contribution in [-0.4, -0.2) is 0 Å². The minimum absolute atomic E-state index is 0. The van der Waals surface area contributed by atoms with Crippen molar-refractivity contribution >= 4 is 3.27 Å². The second-order valence-corrected chi connectivity index (χ2v) is 12.3. The van der Waals surface area contributed by atoms with Crippen LogP contribution in [-0.2, 0) is 28.2 Å². The van der Waals surface area contributed by atoms with Crippen LogP contribution in [0.4, 0.5) is 0 Å². The summed E-state index contributed by atoms with van der Waals surface area (Å²) in [5.74, 6) is 0. The van der Waals surface area contributed by atoms with Crippen LogP contribution in [0.1, 0.15) is 24.5 Å². The van der Waals surface area contributed by atoms with Gasteiger partial charge < -0.3 is 24.8 Å². The Balaban J connectivity index is 0.00000121. The van der Waals surface area contributed by atoms with E-state index in [1.54, 1.807) is 12.1 Å². The number of rotatable bonds is 4. The van der Waals surface area contributed by atoms with E-state index in [0.717, 1.165) is 18.4 Å². The number of fused-ring (bicyclic) bond motifs is 3. The molecule has 0 spiro atoms. The van der Waals surface area contributed by atoms with Crippen LogP contribution in [0, 0.1) is 0 Å². The first-order valence-corrected chi connectivity index (χ1v) is 12.4. The van der Waals surface area contributed by atoms with Gasteiger partial charge in [-0.1, -0.05) is 0 Å². The summed E-state index contributed by atoms with van der Waals surface area (Å²) in [5, 5.41) is 0. The van der Waals surface area contributed by atoms with Gasteiger partial charge in [-0.25, -0.2) is 0 Å². The number of halogens is 2. The maximum atomic E-state index is 4.06. The van der Waals surface area contributed by atoms with E-state index in [4.69, 9.17) is 0 Å². The van der Waals surface area contributed by atoms with E-state index in [0.29, 0.717) is 0 Å². The van der Waals surface area contributed by atoms with E-state index in [1.165, 1.54) is 16.7 Å². The van der Waals surface area contributed by atoms with Crippen LogP contribution in [0.3, 0.4) is 0 Å². The Hall–Kier alpha value is -1.14. The van der Waals surface area contributed by atoms with Crippen molar-refractivity contribution in [3.8, 4) is 11.1 Å². The van der Waals surface area contributed by atoms with Crippen molar-refractivity contribution in [3.63, 3.8) is 0 Å². The van der Waals surface area contributed by atoms with Gasteiger partial charge in [-0.05, 0) is 0 Å². The number of allylic oxidation sites excluding steroid dienone is 6. The van der Waals surface area contributed by atoms with Gasteiger partial charge in [0.1, 0.15) is 0 Å². The molecule has 2 aromatic carbocycles. The predicted molar refractivity (Wildman–Crippen MR) is 100 cm³/mol. The summed E-state index contributed by atoms with van der Waals surface area (Å²) in [7, 11) is 0. The fourth-order valence-electron chi connectivity index (χ4n) is 3.65. The molecule has 0 aliphatic heterocycles. The molecule has 2 aromatic rings. The predicted octanol–water partition coefficient (Wildman–Crippen LogP) is -0.557. The largest absolute Gasteiger partial charge is 1.00 e. The maximum absolute atomic E-state index is 4.06. The molecule has 2 aliphatic rings. The molecule has 3 heteroatoms. The number of benzene rings is 2. The summed E-state index contributed by atoms with van der Waals surface area (Å²) in [6.07, 6.45) is 11.3. The van der Waals surface area contributed by atoms with E-state index in [9.17, 15) is 0 Å². The van der Waals surface area contributed by atoms with Gasteiger partial charge in [-0.3, -0.25) is 0 Å². The van der Waals surface area contributed by atoms with Crippen molar-refractivity contribution in [3.05, 3.63) is 97.1 Å². The number of hydrogen-bond acceptors (Lipinski definition) is 0. The fraction of sp³-hybridized carbons (Fsp3) is 0.130. The Morgan fingerprint density at radius 1 is 1.04 bits per heavy atom. The quantitative estimate of drug-likeness (QED) is 0.459. The molecule has 0 bridgehead atoms. The molecular formula is C23H21Cl2Zr. The Morgan fingerprint density at radius 3 is 2.54 bits per heavy atom. The first-order valence-electron chi connectivity index (χ1n) is 8.51. The van der Waals surface area contributed by atoms with Crippen molar-refractivity contribution in [1.82, 2.24) is 0 Å². The first-order chi connectivity index (χ1) is 11.7. The first kappa shape index (κ1) is 21.2. The van der Waals surface area contributed by atoms with Gasteiger partial charge in [-0.15, -0.1) is 0 Å². The van der Waals surface area contributed by atoms with Gasteiger partial charge >= 0.3 is 153 Å². The molecule has 0 N–H and O–H groups in total. The zero-order chi connectivity index (χ0) is 16.5. The SMILES string of the molecule is C=C(C)C=[CH][Zr+2]([C]1=CC=CC1)[c]1cccc2c1Cc1ccccc1-2.[Cl-].[Cl-]. The molecule has 0 unspecified atom stereocenters. The molecule has 0 fully saturated rings. The van der Waals surface area contributed by atoms with E-state index >= 15 is 0 Å². The van der Waals surface area contributed by atoms with Gasteiger partial charge in [0.2, 0.25) is 0 Å². The summed E-state index contributed by atoms with van der Waals surface area (Å²) in [5.41, 5.74) is 7.09. The molecule has 0 radical (unpaired) electrons. The van der Waals surface area contributed by atoms with Crippen molar-refractivity contribution in [2.45, 2.75) is 19.8 Å². The van der Waals surface area contributed by atoms with Gasteiger partial charge in [0, 0.05) is 0 Å². The second kappa shape index (κ2) is 9.18. The van der Waals surface area contributed by atoms with Crippen molar-refractivity contribution < 1.29 is 46.6 Å². The topological polar surface area (TPSA) is 0 Å². The summed E-state index contributed by atoms with van der Waals surface area (Å²) in [6.45, 7) is 6.15. The molecule has 0 amide bonds. The molecule has 0 saturated heterocycles. The fourth-order valence-corrected chi connectivity index (χ4v) is 10.1. The van der Waals surface area contributed by atoms with E-state index in [-0.39, 0.29) is 24.8 Å². The Bertz CT molecular complexity index is 906. The third-order valence-corrected chi connectivity index (χ3v) is 11.2. The maximum Gasteiger partial charge on any atom is -1.00 e. The van der Waals surface area contributed by atoms with E-state index in [1.807, 2.05) is 0 Å². The molecule has 131 valence electrons. The average Bonchev–Trinajstić information content (AvgIpc) is 3.22. The van der Waals surface area contributed by atoms with Gasteiger partial charge in [0.15, 0.2) is 0 Å². The summed E-state index contributed by atoms with van der Waals surface area (Å²) >= 11 is -2.01. The molecule has 0 saturated carbocycles. The van der Waals surface area contributed by atoms with Crippen LogP contribution in [0.5, 0.6) is 0 Å². The molecular weight excluding hydrogens is 438 g/mol. The zero-order valence-corrected chi connectivity index (χ0v) is 18.8. The Labute approximate surface area is 176 Å². The third kappa shape index (κ3) is 4.06. The average molecular weight is 460 g/mol. The van der Waals surface area contributed by atoms with E-state index in [2.05, 4.69) is 84.1 Å². The van der Waals surface area contributed by atoms with Crippen LogP contribution < -0.4 is 28.1 Å². The van der Waals surface area contributed by atoms with Gasteiger partial charge in [0.05, 0.1) is 0 Å². The molecule has 0 heterocycles. The minimum atomic E-state index is -2.01. The summed E-state index contributed by atoms with van der Waals surface area (Å²) in [4.78, 5) is 0. The van der Waals surface area contributed by atoms with Gasteiger partial charge in [-0.2, -0.15) is 0 Å². The standard InChI is InChI=1S/C13H9.C5H5.C5H7.2ClH.Zr/c1-3-7-12-10(5-1)9-11-6-2-4-8-13(11)12;1-2-4-5-3-1;1-4-5(2)3;;;/h1-5,7-8H,9H2;1-3H,4H2;1,4H,2H2,3H3;2*1H;/q;;;;;+2/p-2. The molecule has 0 nitrogen and oxygen atoms in total. The zero-order valence-electron chi connectivity index (χ0n) is 14.8. The summed E-state index contributed by atoms with van der Waals surface area (Å²) in [6, 6.07) is 15.8. The smallest absolute Gasteiger partial charge is 1.00 e. The normalized spacial score (nSPS) is 13.5. The third-order valence-electron chi connectivity index (χ3n) is 4.79. The van der Waals surface area contributed by atoms with Crippen molar-refractivity contribution in [1.29, 1.82) is 0 Å². The van der Waals surface area contributed by atoms with Crippen LogP contribution in [0.2, 0.25) is 0 Å². The number of hydrogen-bond donors (Lipinski definition) is 0. The van der Waals surface area contributed by atoms with Crippen molar-refractivity contribution in [2.24, 2.45) is 0 Å². The minimum Gasteiger partial charge on any atom is -1.00 e. The molecule has 0 atom stereocenters. The molecule has 2 aliphatic carbocycles. The monoisotopic (exact) mass is 457 g/mol.